The SMILES string of the molecule is Cc1cc(C)c(C)c(OCCNC[C@@H]2CCCO2)c1. The minimum absolute atomic E-state index is 0.406. The van der Waals surface area contributed by atoms with E-state index in [1.165, 1.54) is 29.5 Å². The first-order chi connectivity index (χ1) is 9.16. The largest absolute Gasteiger partial charge is 0.492 e. The van der Waals surface area contributed by atoms with E-state index in [1.54, 1.807) is 0 Å². The molecule has 3 heteroatoms. The van der Waals surface area contributed by atoms with Gasteiger partial charge in [-0.2, -0.15) is 0 Å². The van der Waals surface area contributed by atoms with Gasteiger partial charge in [-0.15, -0.1) is 0 Å². The zero-order chi connectivity index (χ0) is 13.7. The molecule has 0 aromatic heterocycles. The van der Waals surface area contributed by atoms with Gasteiger partial charge >= 0.3 is 0 Å². The Labute approximate surface area is 116 Å². The minimum Gasteiger partial charge on any atom is -0.492 e. The van der Waals surface area contributed by atoms with Crippen LogP contribution in [0.3, 0.4) is 0 Å². The molecule has 2 rings (SSSR count). The molecule has 1 aliphatic rings. The first-order valence-electron chi connectivity index (χ1n) is 7.20. The molecule has 0 aliphatic carbocycles. The van der Waals surface area contributed by atoms with E-state index < -0.39 is 0 Å². The van der Waals surface area contributed by atoms with Crippen LogP contribution in [-0.2, 0) is 4.74 Å². The molecule has 0 unspecified atom stereocenters. The van der Waals surface area contributed by atoms with Gasteiger partial charge in [0.15, 0.2) is 0 Å². The van der Waals surface area contributed by atoms with Gasteiger partial charge in [-0.05, 0) is 56.4 Å². The Morgan fingerprint density at radius 3 is 2.89 bits per heavy atom. The monoisotopic (exact) mass is 263 g/mol. The van der Waals surface area contributed by atoms with Gasteiger partial charge in [0.05, 0.1) is 6.10 Å². The summed E-state index contributed by atoms with van der Waals surface area (Å²) < 4.78 is 11.4. The molecule has 1 heterocycles. The highest BCUT2D eigenvalue weighted by molar-refractivity contribution is 5.41. The molecule has 0 saturated carbocycles. The number of nitrogens with one attached hydrogen (secondary N) is 1. The summed E-state index contributed by atoms with van der Waals surface area (Å²) in [5.74, 6) is 1.01. The molecule has 19 heavy (non-hydrogen) atoms. The van der Waals surface area contributed by atoms with Crippen LogP contribution >= 0.6 is 0 Å². The topological polar surface area (TPSA) is 30.5 Å². The van der Waals surface area contributed by atoms with Crippen molar-refractivity contribution in [3.8, 4) is 5.75 Å². The van der Waals surface area contributed by atoms with E-state index in [0.717, 1.165) is 25.4 Å². The summed E-state index contributed by atoms with van der Waals surface area (Å²) in [4.78, 5) is 0. The molecule has 3 nitrogen and oxygen atoms in total. The molecule has 1 aromatic carbocycles. The normalized spacial score (nSPS) is 18.8. The van der Waals surface area contributed by atoms with Crippen molar-refractivity contribution in [3.63, 3.8) is 0 Å². The summed E-state index contributed by atoms with van der Waals surface area (Å²) in [7, 11) is 0. The summed E-state index contributed by atoms with van der Waals surface area (Å²) in [5.41, 5.74) is 3.79. The van der Waals surface area contributed by atoms with Crippen molar-refractivity contribution < 1.29 is 9.47 Å². The number of ether oxygens (including phenoxy) is 2. The zero-order valence-electron chi connectivity index (χ0n) is 12.3. The van der Waals surface area contributed by atoms with E-state index in [1.807, 2.05) is 0 Å². The Kier molecular flexibility index (Phi) is 5.23. The molecule has 1 aliphatic heterocycles. The van der Waals surface area contributed by atoms with Crippen molar-refractivity contribution in [2.45, 2.75) is 39.7 Å². The highest BCUT2D eigenvalue weighted by Crippen LogP contribution is 2.23. The molecule has 106 valence electrons. The maximum atomic E-state index is 5.86. The van der Waals surface area contributed by atoms with Crippen molar-refractivity contribution in [2.75, 3.05) is 26.3 Å². The van der Waals surface area contributed by atoms with E-state index in [2.05, 4.69) is 38.2 Å². The molecule has 1 saturated heterocycles. The lowest BCUT2D eigenvalue weighted by Crippen LogP contribution is -2.29. The summed E-state index contributed by atoms with van der Waals surface area (Å²) >= 11 is 0. The summed E-state index contributed by atoms with van der Waals surface area (Å²) in [5, 5.41) is 3.40. The molecular formula is C16H25NO2. The summed E-state index contributed by atoms with van der Waals surface area (Å²) in [6, 6.07) is 4.31. The van der Waals surface area contributed by atoms with Gasteiger partial charge in [-0.1, -0.05) is 6.07 Å². The van der Waals surface area contributed by atoms with Gasteiger partial charge in [0.25, 0.3) is 0 Å². The van der Waals surface area contributed by atoms with E-state index in [0.29, 0.717) is 12.7 Å². The minimum atomic E-state index is 0.406. The van der Waals surface area contributed by atoms with Crippen molar-refractivity contribution >= 4 is 0 Å². The van der Waals surface area contributed by atoms with Gasteiger partial charge in [-0.25, -0.2) is 0 Å². The van der Waals surface area contributed by atoms with Crippen molar-refractivity contribution in [3.05, 3.63) is 28.8 Å². The molecule has 1 atom stereocenters. The van der Waals surface area contributed by atoms with Crippen LogP contribution in [0.15, 0.2) is 12.1 Å². The number of aryl methyl sites for hydroxylation is 2. The molecule has 1 fully saturated rings. The van der Waals surface area contributed by atoms with Crippen LogP contribution in [0.25, 0.3) is 0 Å². The first-order valence-corrected chi connectivity index (χ1v) is 7.20. The van der Waals surface area contributed by atoms with Gasteiger partial charge in [0, 0.05) is 19.7 Å². The van der Waals surface area contributed by atoms with Crippen LogP contribution in [0.1, 0.15) is 29.5 Å². The zero-order valence-corrected chi connectivity index (χ0v) is 12.3. The van der Waals surface area contributed by atoms with Crippen LogP contribution in [-0.4, -0.2) is 32.4 Å². The molecular weight excluding hydrogens is 238 g/mol. The second-order valence-electron chi connectivity index (χ2n) is 5.39. The smallest absolute Gasteiger partial charge is 0.122 e. The third-order valence-electron chi connectivity index (χ3n) is 3.70. The number of hydrogen-bond acceptors (Lipinski definition) is 3. The summed E-state index contributed by atoms with van der Waals surface area (Å²) in [6.45, 7) is 9.78. The Balaban J connectivity index is 1.70. The Bertz CT molecular complexity index is 411. The second kappa shape index (κ2) is 6.92. The maximum Gasteiger partial charge on any atom is 0.122 e. The van der Waals surface area contributed by atoms with Crippen LogP contribution in [0.5, 0.6) is 5.75 Å². The quantitative estimate of drug-likeness (QED) is 0.801. The van der Waals surface area contributed by atoms with Crippen LogP contribution in [0.4, 0.5) is 0 Å². The lowest BCUT2D eigenvalue weighted by atomic mass is 10.1. The number of hydrogen-bond donors (Lipinski definition) is 1. The van der Waals surface area contributed by atoms with Gasteiger partial charge in [0.2, 0.25) is 0 Å². The molecule has 0 spiro atoms. The average molecular weight is 263 g/mol. The molecule has 1 aromatic rings. The highest BCUT2D eigenvalue weighted by atomic mass is 16.5. The maximum absolute atomic E-state index is 5.86. The third kappa shape index (κ3) is 4.22. The highest BCUT2D eigenvalue weighted by Gasteiger charge is 2.14. The Morgan fingerprint density at radius 1 is 1.32 bits per heavy atom. The van der Waals surface area contributed by atoms with E-state index in [4.69, 9.17) is 9.47 Å². The second-order valence-corrected chi connectivity index (χ2v) is 5.39. The van der Waals surface area contributed by atoms with Crippen LogP contribution < -0.4 is 10.1 Å². The van der Waals surface area contributed by atoms with E-state index in [-0.39, 0.29) is 0 Å². The number of benzene rings is 1. The predicted octanol–water partition coefficient (Wildman–Crippen LogP) is 2.76. The standard InChI is InChI=1S/C16H25NO2/c1-12-9-13(2)14(3)16(10-12)19-8-6-17-11-15-5-4-7-18-15/h9-10,15,17H,4-8,11H2,1-3H3/t15-/m0/s1. The molecule has 0 bridgehead atoms. The summed E-state index contributed by atoms with van der Waals surface area (Å²) in [6.07, 6.45) is 2.79. The van der Waals surface area contributed by atoms with E-state index in [9.17, 15) is 0 Å². The van der Waals surface area contributed by atoms with Gasteiger partial charge in [0.1, 0.15) is 12.4 Å². The lowest BCUT2D eigenvalue weighted by Gasteiger charge is -2.14. The Hall–Kier alpha value is -1.06. The van der Waals surface area contributed by atoms with Gasteiger partial charge in [-0.3, -0.25) is 0 Å². The fraction of sp³-hybridized carbons (Fsp3) is 0.625. The fourth-order valence-electron chi connectivity index (χ4n) is 2.45. The van der Waals surface area contributed by atoms with Crippen molar-refractivity contribution in [1.82, 2.24) is 5.32 Å². The van der Waals surface area contributed by atoms with Crippen molar-refractivity contribution in [1.29, 1.82) is 0 Å². The van der Waals surface area contributed by atoms with Gasteiger partial charge < -0.3 is 14.8 Å². The molecule has 0 amide bonds. The fourth-order valence-corrected chi connectivity index (χ4v) is 2.45. The lowest BCUT2D eigenvalue weighted by molar-refractivity contribution is 0.109. The van der Waals surface area contributed by atoms with Crippen molar-refractivity contribution in [2.24, 2.45) is 0 Å². The third-order valence-corrected chi connectivity index (χ3v) is 3.70. The first kappa shape index (κ1) is 14.4. The average Bonchev–Trinajstić information content (AvgIpc) is 2.87. The van der Waals surface area contributed by atoms with Crippen LogP contribution in [0, 0.1) is 20.8 Å². The number of rotatable bonds is 6. The predicted molar refractivity (Wildman–Crippen MR) is 78.0 cm³/mol. The van der Waals surface area contributed by atoms with E-state index >= 15 is 0 Å². The molecule has 0 radical (unpaired) electrons. The Morgan fingerprint density at radius 2 is 2.16 bits per heavy atom. The van der Waals surface area contributed by atoms with Crippen LogP contribution in [0.2, 0.25) is 0 Å². The molecule has 1 N–H and O–H groups in total.